The molecule has 3 rings (SSSR count). The maximum absolute atomic E-state index is 12.3. The van der Waals surface area contributed by atoms with E-state index >= 15 is 0 Å². The van der Waals surface area contributed by atoms with Crippen LogP contribution in [0.25, 0.3) is 0 Å². The molecule has 24 heavy (non-hydrogen) atoms. The average molecular weight is 381 g/mol. The number of carbonyl (C=O) groups is 1. The molecular weight excluding hydrogens is 371 g/mol. The lowest BCUT2D eigenvalue weighted by Gasteiger charge is -2.07. The number of aryl methyl sites for hydroxylation is 1. The van der Waals surface area contributed by atoms with Crippen LogP contribution in [0.15, 0.2) is 35.7 Å². The number of amides is 1. The molecule has 0 spiro atoms. The Morgan fingerprint density at radius 2 is 1.92 bits per heavy atom. The third-order valence-electron chi connectivity index (χ3n) is 2.78. The SMILES string of the molecule is Cc1csc(NC(=O)c2cc(Oc3ccc(Cl)cc3)nc(Cl)n2)n1. The molecule has 3 aromatic rings. The first kappa shape index (κ1) is 16.6. The van der Waals surface area contributed by atoms with Crippen molar-refractivity contribution in [3.05, 3.63) is 57.4 Å². The number of hydrogen-bond acceptors (Lipinski definition) is 6. The molecule has 0 aliphatic rings. The maximum Gasteiger partial charge on any atom is 0.276 e. The van der Waals surface area contributed by atoms with Gasteiger partial charge in [0.1, 0.15) is 11.4 Å². The lowest BCUT2D eigenvalue weighted by molar-refractivity contribution is 0.102. The van der Waals surface area contributed by atoms with Gasteiger partial charge in [0.05, 0.1) is 5.69 Å². The van der Waals surface area contributed by atoms with Crippen molar-refractivity contribution >= 4 is 45.6 Å². The summed E-state index contributed by atoms with van der Waals surface area (Å²) >= 11 is 13.0. The second kappa shape index (κ2) is 7.12. The average Bonchev–Trinajstić information content (AvgIpc) is 2.94. The first-order valence-corrected chi connectivity index (χ1v) is 8.34. The molecule has 0 bridgehead atoms. The van der Waals surface area contributed by atoms with Gasteiger partial charge >= 0.3 is 0 Å². The molecule has 6 nitrogen and oxygen atoms in total. The predicted octanol–water partition coefficient (Wildman–Crippen LogP) is 4.59. The Morgan fingerprint density at radius 3 is 2.58 bits per heavy atom. The highest BCUT2D eigenvalue weighted by Crippen LogP contribution is 2.23. The molecule has 2 heterocycles. The minimum Gasteiger partial charge on any atom is -0.439 e. The van der Waals surface area contributed by atoms with Gasteiger partial charge < -0.3 is 4.74 Å². The quantitative estimate of drug-likeness (QED) is 0.669. The van der Waals surface area contributed by atoms with Crippen LogP contribution in [0.3, 0.4) is 0 Å². The number of aromatic nitrogens is 3. The van der Waals surface area contributed by atoms with Crippen LogP contribution >= 0.6 is 34.5 Å². The van der Waals surface area contributed by atoms with Crippen LogP contribution in [0.2, 0.25) is 10.3 Å². The number of carbonyl (C=O) groups excluding carboxylic acids is 1. The van der Waals surface area contributed by atoms with Gasteiger partial charge in [-0.1, -0.05) is 11.6 Å². The Hall–Kier alpha value is -2.22. The van der Waals surface area contributed by atoms with E-state index in [4.69, 9.17) is 27.9 Å². The van der Waals surface area contributed by atoms with E-state index in [-0.39, 0.29) is 16.9 Å². The fraction of sp³-hybridized carbons (Fsp3) is 0.0667. The van der Waals surface area contributed by atoms with Crippen LogP contribution in [0.1, 0.15) is 16.2 Å². The van der Waals surface area contributed by atoms with Crippen LogP contribution in [0.5, 0.6) is 11.6 Å². The van der Waals surface area contributed by atoms with E-state index in [1.807, 2.05) is 12.3 Å². The Labute approximate surface area is 151 Å². The minimum atomic E-state index is -0.449. The highest BCUT2D eigenvalue weighted by Gasteiger charge is 2.14. The molecule has 0 unspecified atom stereocenters. The second-order valence-electron chi connectivity index (χ2n) is 4.66. The van der Waals surface area contributed by atoms with Crippen LogP contribution in [0.4, 0.5) is 5.13 Å². The third-order valence-corrected chi connectivity index (χ3v) is 4.08. The van der Waals surface area contributed by atoms with Crippen molar-refractivity contribution in [3.8, 4) is 11.6 Å². The zero-order chi connectivity index (χ0) is 17.1. The summed E-state index contributed by atoms with van der Waals surface area (Å²) in [7, 11) is 0. The Morgan fingerprint density at radius 1 is 1.17 bits per heavy atom. The summed E-state index contributed by atoms with van der Waals surface area (Å²) in [5.74, 6) is 0.212. The number of nitrogens with one attached hydrogen (secondary N) is 1. The van der Waals surface area contributed by atoms with E-state index in [1.54, 1.807) is 24.3 Å². The van der Waals surface area contributed by atoms with Crippen LogP contribution < -0.4 is 10.1 Å². The third kappa shape index (κ3) is 4.19. The molecule has 9 heteroatoms. The van der Waals surface area contributed by atoms with Gasteiger partial charge in [0.15, 0.2) is 5.13 Å². The molecule has 0 aliphatic carbocycles. The van der Waals surface area contributed by atoms with Gasteiger partial charge in [-0.3, -0.25) is 10.1 Å². The van der Waals surface area contributed by atoms with Gasteiger partial charge in [-0.25, -0.2) is 9.97 Å². The molecule has 1 N–H and O–H groups in total. The monoisotopic (exact) mass is 380 g/mol. The van der Waals surface area contributed by atoms with E-state index in [9.17, 15) is 4.79 Å². The van der Waals surface area contributed by atoms with Gasteiger partial charge in [-0.05, 0) is 42.8 Å². The first-order chi connectivity index (χ1) is 11.5. The fourth-order valence-corrected chi connectivity index (χ4v) is 2.74. The number of halogens is 2. The van der Waals surface area contributed by atoms with Crippen molar-refractivity contribution in [2.45, 2.75) is 6.92 Å². The van der Waals surface area contributed by atoms with E-state index in [1.165, 1.54) is 17.4 Å². The molecule has 2 aromatic heterocycles. The van der Waals surface area contributed by atoms with Gasteiger partial charge in [0, 0.05) is 16.5 Å². The summed E-state index contributed by atoms with van der Waals surface area (Å²) in [6.07, 6.45) is 0. The Balaban J connectivity index is 1.80. The zero-order valence-electron chi connectivity index (χ0n) is 12.3. The molecule has 0 fully saturated rings. The fourth-order valence-electron chi connectivity index (χ4n) is 1.76. The van der Waals surface area contributed by atoms with E-state index < -0.39 is 5.91 Å². The lowest BCUT2D eigenvalue weighted by atomic mass is 10.3. The largest absolute Gasteiger partial charge is 0.439 e. The summed E-state index contributed by atoms with van der Waals surface area (Å²) in [5, 5.41) is 5.45. The summed E-state index contributed by atoms with van der Waals surface area (Å²) in [5.41, 5.74) is 0.898. The van der Waals surface area contributed by atoms with Crippen LogP contribution in [-0.2, 0) is 0 Å². The second-order valence-corrected chi connectivity index (χ2v) is 6.30. The summed E-state index contributed by atoms with van der Waals surface area (Å²) in [6, 6.07) is 8.11. The normalized spacial score (nSPS) is 10.5. The van der Waals surface area contributed by atoms with Crippen molar-refractivity contribution < 1.29 is 9.53 Å². The highest BCUT2D eigenvalue weighted by atomic mass is 35.5. The van der Waals surface area contributed by atoms with E-state index in [0.29, 0.717) is 15.9 Å². The number of ether oxygens (including phenoxy) is 1. The summed E-state index contributed by atoms with van der Waals surface area (Å²) in [4.78, 5) is 24.3. The molecule has 1 aromatic carbocycles. The molecular formula is C15H10Cl2N4O2S. The molecule has 0 atom stereocenters. The molecule has 1 amide bonds. The lowest BCUT2D eigenvalue weighted by Crippen LogP contribution is -2.14. The van der Waals surface area contributed by atoms with Crippen LogP contribution in [0, 0.1) is 6.92 Å². The van der Waals surface area contributed by atoms with Gasteiger partial charge in [0.2, 0.25) is 11.2 Å². The number of hydrogen-bond donors (Lipinski definition) is 1. The highest BCUT2D eigenvalue weighted by molar-refractivity contribution is 7.13. The van der Waals surface area contributed by atoms with Crippen molar-refractivity contribution in [2.24, 2.45) is 0 Å². The Bertz CT molecular complexity index is 883. The standard InChI is InChI=1S/C15H10Cl2N4O2S/c1-8-7-24-15(18-8)21-13(22)11-6-12(20-14(17)19-11)23-10-4-2-9(16)3-5-10/h2-7H,1H3,(H,18,21,22). The maximum atomic E-state index is 12.3. The van der Waals surface area contributed by atoms with Gasteiger partial charge in [0.25, 0.3) is 5.91 Å². The van der Waals surface area contributed by atoms with Gasteiger partial charge in [-0.2, -0.15) is 4.98 Å². The number of anilines is 1. The first-order valence-electron chi connectivity index (χ1n) is 6.71. The minimum absolute atomic E-state index is 0.0758. The number of nitrogens with zero attached hydrogens (tertiary/aromatic N) is 3. The summed E-state index contributed by atoms with van der Waals surface area (Å²) in [6.45, 7) is 1.84. The number of benzene rings is 1. The number of thiazole rings is 1. The Kier molecular flexibility index (Phi) is 4.94. The molecule has 122 valence electrons. The molecule has 0 radical (unpaired) electrons. The summed E-state index contributed by atoms with van der Waals surface area (Å²) < 4.78 is 5.57. The predicted molar refractivity (Wildman–Crippen MR) is 93.4 cm³/mol. The van der Waals surface area contributed by atoms with Crippen molar-refractivity contribution in [1.82, 2.24) is 15.0 Å². The smallest absolute Gasteiger partial charge is 0.276 e. The van der Waals surface area contributed by atoms with Crippen molar-refractivity contribution in [3.63, 3.8) is 0 Å². The molecule has 0 saturated heterocycles. The van der Waals surface area contributed by atoms with E-state index in [2.05, 4.69) is 20.3 Å². The van der Waals surface area contributed by atoms with Gasteiger partial charge in [-0.15, -0.1) is 11.3 Å². The van der Waals surface area contributed by atoms with Crippen molar-refractivity contribution in [1.29, 1.82) is 0 Å². The zero-order valence-corrected chi connectivity index (χ0v) is 14.6. The number of rotatable bonds is 4. The van der Waals surface area contributed by atoms with Crippen LogP contribution in [-0.4, -0.2) is 20.9 Å². The van der Waals surface area contributed by atoms with E-state index in [0.717, 1.165) is 5.69 Å². The van der Waals surface area contributed by atoms with Crippen molar-refractivity contribution in [2.75, 3.05) is 5.32 Å². The molecule has 0 aliphatic heterocycles. The topological polar surface area (TPSA) is 77.0 Å². The molecule has 0 saturated carbocycles.